The molecule has 1 fully saturated rings. The molecular weight excluding hydrogens is 526 g/mol. The molecule has 2 atom stereocenters. The van der Waals surface area contributed by atoms with Crippen molar-refractivity contribution in [1.82, 2.24) is 5.32 Å². The van der Waals surface area contributed by atoms with E-state index in [1.165, 1.54) is 32.4 Å². The van der Waals surface area contributed by atoms with Crippen LogP contribution in [0.15, 0.2) is 66.7 Å². The van der Waals surface area contributed by atoms with Gasteiger partial charge in [0.05, 0.1) is 25.8 Å². The predicted molar refractivity (Wildman–Crippen MR) is 154 cm³/mol. The third-order valence-corrected chi connectivity index (χ3v) is 6.82. The number of esters is 2. The van der Waals surface area contributed by atoms with Gasteiger partial charge in [-0.15, -0.1) is 0 Å². The fourth-order valence-electron chi connectivity index (χ4n) is 4.63. The van der Waals surface area contributed by atoms with E-state index in [-0.39, 0.29) is 41.2 Å². The van der Waals surface area contributed by atoms with Gasteiger partial charge in [0.15, 0.2) is 11.9 Å². The normalized spacial score (nSPS) is 15.0. The van der Waals surface area contributed by atoms with Crippen LogP contribution in [0.2, 0.25) is 0 Å². The first-order chi connectivity index (χ1) is 19.8. The van der Waals surface area contributed by atoms with Crippen molar-refractivity contribution in [2.45, 2.75) is 38.3 Å². The fourth-order valence-corrected chi connectivity index (χ4v) is 4.63. The molecule has 4 rings (SSSR count). The molecule has 10 nitrogen and oxygen atoms in total. The molecule has 0 radical (unpaired) electrons. The minimum absolute atomic E-state index is 0.0191. The number of ether oxygens (including phenoxy) is 3. The van der Waals surface area contributed by atoms with Gasteiger partial charge in [-0.1, -0.05) is 30.3 Å². The molecule has 41 heavy (non-hydrogen) atoms. The van der Waals surface area contributed by atoms with Crippen molar-refractivity contribution in [1.29, 1.82) is 0 Å². The van der Waals surface area contributed by atoms with Crippen molar-refractivity contribution >= 4 is 35.1 Å². The Labute approximate surface area is 238 Å². The van der Waals surface area contributed by atoms with Crippen molar-refractivity contribution in [3.05, 3.63) is 89.0 Å². The molecule has 0 aromatic heterocycles. The molecule has 3 aromatic carbocycles. The zero-order valence-electron chi connectivity index (χ0n) is 23.2. The maximum absolute atomic E-state index is 13.5. The number of carbonyl (C=O) groups excluding carboxylic acids is 4. The van der Waals surface area contributed by atoms with Crippen molar-refractivity contribution < 1.29 is 33.4 Å². The van der Waals surface area contributed by atoms with E-state index in [1.807, 2.05) is 31.2 Å². The molecule has 0 saturated carbocycles. The minimum Gasteiger partial charge on any atom is -0.480 e. The highest BCUT2D eigenvalue weighted by Crippen LogP contribution is 2.26. The number of Topliss-reactive ketones (excluding diaryl/α,β-unsaturated/α-hetero) is 1. The van der Waals surface area contributed by atoms with Crippen LogP contribution in [0.25, 0.3) is 0 Å². The van der Waals surface area contributed by atoms with E-state index in [9.17, 15) is 19.2 Å². The Balaban J connectivity index is 1.47. The Morgan fingerprint density at radius 3 is 2.32 bits per heavy atom. The average molecular weight is 560 g/mol. The number of rotatable bonds is 10. The van der Waals surface area contributed by atoms with Gasteiger partial charge in [0.1, 0.15) is 11.3 Å². The average Bonchev–Trinajstić information content (AvgIpc) is 3.52. The van der Waals surface area contributed by atoms with Crippen LogP contribution in [0.4, 0.5) is 16.2 Å². The Hall–Kier alpha value is -4.70. The maximum Gasteiger partial charge on any atom is 0.341 e. The van der Waals surface area contributed by atoms with Crippen molar-refractivity contribution in [3.63, 3.8) is 0 Å². The number of hydrogen-bond acceptors (Lipinski definition) is 8. The van der Waals surface area contributed by atoms with Crippen LogP contribution in [0.1, 0.15) is 44.7 Å². The minimum atomic E-state index is -0.887. The summed E-state index contributed by atoms with van der Waals surface area (Å²) in [6.45, 7) is 2.65. The molecule has 1 aliphatic rings. The molecular formula is C31H33N3O7. The highest BCUT2D eigenvalue weighted by molar-refractivity contribution is 6.00. The van der Waals surface area contributed by atoms with Gasteiger partial charge in [0.2, 0.25) is 0 Å². The number of ketones is 1. The second-order valence-electron chi connectivity index (χ2n) is 9.67. The second kappa shape index (κ2) is 13.6. The van der Waals surface area contributed by atoms with Crippen LogP contribution in [-0.2, 0) is 20.7 Å². The molecule has 0 bridgehead atoms. The summed E-state index contributed by atoms with van der Waals surface area (Å²) >= 11 is 0. The number of carbonyl (C=O) groups is 4. The summed E-state index contributed by atoms with van der Waals surface area (Å²) in [6, 6.07) is 18.1. The van der Waals surface area contributed by atoms with Crippen LogP contribution < -0.4 is 20.7 Å². The number of methoxy groups -OCH3 is 2. The van der Waals surface area contributed by atoms with E-state index in [0.717, 1.165) is 30.5 Å². The first kappa shape index (κ1) is 29.3. The molecule has 0 spiro atoms. The summed E-state index contributed by atoms with van der Waals surface area (Å²) in [5, 5.41) is 8.92. The Bertz CT molecular complexity index is 1420. The Kier molecular flexibility index (Phi) is 9.70. The van der Waals surface area contributed by atoms with Gasteiger partial charge in [0, 0.05) is 17.8 Å². The molecule has 214 valence electrons. The number of anilines is 2. The SMILES string of the molecule is COC(=O)c1ccc(OC(C(=O)Cc2ccc(NC(=O)Nc3ccccc3C)cc2)C2CCCN2)c(C(=O)OC)c1. The Morgan fingerprint density at radius 2 is 1.66 bits per heavy atom. The number of benzene rings is 3. The van der Waals surface area contributed by atoms with Crippen molar-refractivity contribution in [2.75, 3.05) is 31.4 Å². The first-order valence-corrected chi connectivity index (χ1v) is 13.2. The molecule has 10 heteroatoms. The first-order valence-electron chi connectivity index (χ1n) is 13.2. The highest BCUT2D eigenvalue weighted by atomic mass is 16.5. The monoisotopic (exact) mass is 559 g/mol. The molecule has 3 aromatic rings. The van der Waals surface area contributed by atoms with Crippen LogP contribution in [0.5, 0.6) is 5.75 Å². The largest absolute Gasteiger partial charge is 0.480 e. The zero-order valence-corrected chi connectivity index (χ0v) is 23.2. The third-order valence-electron chi connectivity index (χ3n) is 6.82. The number of nitrogens with one attached hydrogen (secondary N) is 3. The van der Waals surface area contributed by atoms with Crippen LogP contribution in [0.3, 0.4) is 0 Å². The topological polar surface area (TPSA) is 132 Å². The predicted octanol–water partition coefficient (Wildman–Crippen LogP) is 4.52. The number of amides is 2. The van der Waals surface area contributed by atoms with Crippen molar-refractivity contribution in [2.24, 2.45) is 0 Å². The number of urea groups is 1. The smallest absolute Gasteiger partial charge is 0.341 e. The molecule has 1 aliphatic heterocycles. The lowest BCUT2D eigenvalue weighted by Crippen LogP contribution is -2.45. The van der Waals surface area contributed by atoms with E-state index in [4.69, 9.17) is 14.2 Å². The van der Waals surface area contributed by atoms with Gasteiger partial charge in [-0.25, -0.2) is 14.4 Å². The van der Waals surface area contributed by atoms with Gasteiger partial charge in [0.25, 0.3) is 0 Å². The Morgan fingerprint density at radius 1 is 0.927 bits per heavy atom. The van der Waals surface area contributed by atoms with Crippen molar-refractivity contribution in [3.8, 4) is 5.75 Å². The summed E-state index contributed by atoms with van der Waals surface area (Å²) in [4.78, 5) is 50.5. The van der Waals surface area contributed by atoms with E-state index in [0.29, 0.717) is 11.4 Å². The summed E-state index contributed by atoms with van der Waals surface area (Å²) in [7, 11) is 2.47. The quantitative estimate of drug-likeness (QED) is 0.309. The van der Waals surface area contributed by atoms with Crippen LogP contribution in [-0.4, -0.2) is 56.7 Å². The zero-order chi connectivity index (χ0) is 29.4. The van der Waals surface area contributed by atoms with Crippen LogP contribution >= 0.6 is 0 Å². The molecule has 1 heterocycles. The molecule has 0 aliphatic carbocycles. The molecule has 3 N–H and O–H groups in total. The lowest BCUT2D eigenvalue weighted by Gasteiger charge is -2.25. The van der Waals surface area contributed by atoms with E-state index < -0.39 is 18.0 Å². The summed E-state index contributed by atoms with van der Waals surface area (Å²) in [5.41, 5.74) is 3.15. The van der Waals surface area contributed by atoms with E-state index in [1.54, 1.807) is 24.3 Å². The highest BCUT2D eigenvalue weighted by Gasteiger charge is 2.33. The number of hydrogen-bond donors (Lipinski definition) is 3. The summed E-state index contributed by atoms with van der Waals surface area (Å²) < 4.78 is 15.8. The summed E-state index contributed by atoms with van der Waals surface area (Å²) in [5.74, 6) is -1.37. The standard InChI is InChI=1S/C31H33N3O7/c1-19-7-4-5-8-24(19)34-31(38)33-22-13-10-20(11-14-22)17-26(35)28(25-9-6-16-32-25)41-27-15-12-21(29(36)39-2)18-23(27)30(37)40-3/h4-5,7-8,10-15,18,25,28,32H,6,9,16-17H2,1-3H3,(H2,33,34,38). The summed E-state index contributed by atoms with van der Waals surface area (Å²) in [6.07, 6.45) is 0.797. The fraction of sp³-hybridized carbons (Fsp3) is 0.290. The molecule has 2 amide bonds. The van der Waals surface area contributed by atoms with Gasteiger partial charge in [-0.3, -0.25) is 4.79 Å². The maximum atomic E-state index is 13.5. The van der Waals surface area contributed by atoms with E-state index >= 15 is 0 Å². The van der Waals surface area contributed by atoms with E-state index in [2.05, 4.69) is 16.0 Å². The number of aryl methyl sites for hydroxylation is 1. The van der Waals surface area contributed by atoms with Gasteiger partial charge in [-0.2, -0.15) is 0 Å². The second-order valence-corrected chi connectivity index (χ2v) is 9.67. The van der Waals surface area contributed by atoms with Gasteiger partial charge >= 0.3 is 18.0 Å². The lowest BCUT2D eigenvalue weighted by atomic mass is 9.98. The van der Waals surface area contributed by atoms with Gasteiger partial charge in [-0.05, 0) is 73.8 Å². The molecule has 1 saturated heterocycles. The van der Waals surface area contributed by atoms with Crippen LogP contribution in [0, 0.1) is 6.92 Å². The third kappa shape index (κ3) is 7.49. The van der Waals surface area contributed by atoms with Gasteiger partial charge < -0.3 is 30.2 Å². The number of para-hydroxylation sites is 1. The lowest BCUT2D eigenvalue weighted by molar-refractivity contribution is -0.126. The molecule has 2 unspecified atom stereocenters.